The Bertz CT molecular complexity index is 649. The lowest BCUT2D eigenvalue weighted by Crippen LogP contribution is -2.10. The van der Waals surface area contributed by atoms with Crippen molar-refractivity contribution in [1.82, 2.24) is 20.0 Å². The summed E-state index contributed by atoms with van der Waals surface area (Å²) in [5, 5.41) is 11.6. The highest BCUT2D eigenvalue weighted by Gasteiger charge is 2.04. The number of nitrogens with zero attached hydrogens (tertiary/aromatic N) is 4. The topological polar surface area (TPSA) is 55.6 Å². The predicted molar refractivity (Wildman–Crippen MR) is 68.1 cm³/mol. The van der Waals surface area contributed by atoms with Gasteiger partial charge in [-0.25, -0.2) is 9.37 Å². The van der Waals surface area contributed by atoms with E-state index in [0.717, 1.165) is 15.3 Å². The van der Waals surface area contributed by atoms with E-state index in [1.165, 1.54) is 23.5 Å². The summed E-state index contributed by atoms with van der Waals surface area (Å²) in [5.74, 6) is -0.236. The SMILES string of the molecule is Fc1ccc2nc(NCCn3ccnn3)sc2c1. The first kappa shape index (κ1) is 11.1. The number of aromatic nitrogens is 4. The molecule has 0 fully saturated rings. The number of thiazole rings is 1. The molecule has 0 saturated heterocycles. The van der Waals surface area contributed by atoms with Crippen LogP contribution >= 0.6 is 11.3 Å². The van der Waals surface area contributed by atoms with E-state index in [9.17, 15) is 4.39 Å². The van der Waals surface area contributed by atoms with Crippen LogP contribution < -0.4 is 5.32 Å². The fourth-order valence-corrected chi connectivity index (χ4v) is 2.52. The Kier molecular flexibility index (Phi) is 2.89. The second kappa shape index (κ2) is 4.69. The highest BCUT2D eigenvalue weighted by molar-refractivity contribution is 7.22. The van der Waals surface area contributed by atoms with Gasteiger partial charge in [-0.1, -0.05) is 16.6 Å². The molecular formula is C11H10FN5S. The van der Waals surface area contributed by atoms with E-state index in [4.69, 9.17) is 0 Å². The first-order valence-corrected chi connectivity index (χ1v) is 6.27. The maximum absolute atomic E-state index is 13.0. The molecule has 18 heavy (non-hydrogen) atoms. The van der Waals surface area contributed by atoms with Crippen LogP contribution in [0.15, 0.2) is 30.6 Å². The molecule has 0 spiro atoms. The molecule has 0 radical (unpaired) electrons. The van der Waals surface area contributed by atoms with Crippen LogP contribution in [0.1, 0.15) is 0 Å². The Morgan fingerprint density at radius 1 is 1.39 bits per heavy atom. The number of halogens is 1. The summed E-state index contributed by atoms with van der Waals surface area (Å²) in [6, 6.07) is 4.60. The quantitative estimate of drug-likeness (QED) is 0.783. The van der Waals surface area contributed by atoms with Gasteiger partial charge in [-0.3, -0.25) is 4.68 Å². The summed E-state index contributed by atoms with van der Waals surface area (Å²) in [6.07, 6.45) is 3.44. The van der Waals surface area contributed by atoms with Crippen molar-refractivity contribution in [2.24, 2.45) is 0 Å². The van der Waals surface area contributed by atoms with E-state index in [1.54, 1.807) is 23.1 Å². The summed E-state index contributed by atoms with van der Waals surface area (Å²) in [5.41, 5.74) is 0.810. The van der Waals surface area contributed by atoms with Crippen molar-refractivity contribution < 1.29 is 4.39 Å². The number of hydrogen-bond acceptors (Lipinski definition) is 5. The van der Waals surface area contributed by atoms with Gasteiger partial charge in [0, 0.05) is 12.7 Å². The van der Waals surface area contributed by atoms with Crippen molar-refractivity contribution in [3.63, 3.8) is 0 Å². The molecular weight excluding hydrogens is 253 g/mol. The highest BCUT2D eigenvalue weighted by Crippen LogP contribution is 2.26. The van der Waals surface area contributed by atoms with Crippen LogP contribution in [0.4, 0.5) is 9.52 Å². The lowest BCUT2D eigenvalue weighted by Gasteiger charge is -2.01. The summed E-state index contributed by atoms with van der Waals surface area (Å²) in [6.45, 7) is 1.41. The molecule has 0 saturated carbocycles. The largest absolute Gasteiger partial charge is 0.360 e. The van der Waals surface area contributed by atoms with Crippen LogP contribution in [0.3, 0.4) is 0 Å². The molecule has 7 heteroatoms. The van der Waals surface area contributed by atoms with E-state index in [-0.39, 0.29) is 5.82 Å². The average molecular weight is 263 g/mol. The number of nitrogens with one attached hydrogen (secondary N) is 1. The number of benzene rings is 1. The molecule has 0 aliphatic carbocycles. The Balaban J connectivity index is 1.67. The molecule has 0 amide bonds. The molecule has 3 aromatic rings. The van der Waals surface area contributed by atoms with Crippen LogP contribution in [-0.2, 0) is 6.54 Å². The summed E-state index contributed by atoms with van der Waals surface area (Å²) < 4.78 is 15.6. The van der Waals surface area contributed by atoms with Crippen molar-refractivity contribution in [3.8, 4) is 0 Å². The molecule has 0 unspecified atom stereocenters. The third-order valence-corrected chi connectivity index (χ3v) is 3.42. The van der Waals surface area contributed by atoms with Gasteiger partial charge in [-0.2, -0.15) is 0 Å². The van der Waals surface area contributed by atoms with Crippen LogP contribution in [0.5, 0.6) is 0 Å². The Labute approximate surface area is 106 Å². The van der Waals surface area contributed by atoms with E-state index < -0.39 is 0 Å². The third-order valence-electron chi connectivity index (χ3n) is 2.44. The maximum atomic E-state index is 13.0. The van der Waals surface area contributed by atoms with Gasteiger partial charge in [0.15, 0.2) is 5.13 Å². The molecule has 0 bridgehead atoms. The number of fused-ring (bicyclic) bond motifs is 1. The maximum Gasteiger partial charge on any atom is 0.183 e. The van der Waals surface area contributed by atoms with Crippen molar-refractivity contribution in [1.29, 1.82) is 0 Å². The van der Waals surface area contributed by atoms with Crippen molar-refractivity contribution in [2.45, 2.75) is 6.54 Å². The fraction of sp³-hybridized carbons (Fsp3) is 0.182. The highest BCUT2D eigenvalue weighted by atomic mass is 32.1. The molecule has 5 nitrogen and oxygen atoms in total. The minimum absolute atomic E-state index is 0.236. The van der Waals surface area contributed by atoms with E-state index in [0.29, 0.717) is 13.1 Å². The summed E-state index contributed by atoms with van der Waals surface area (Å²) >= 11 is 1.44. The lowest BCUT2D eigenvalue weighted by molar-refractivity contribution is 0.609. The molecule has 3 rings (SSSR count). The molecule has 2 heterocycles. The molecule has 1 N–H and O–H groups in total. The monoisotopic (exact) mass is 263 g/mol. The van der Waals surface area contributed by atoms with Crippen LogP contribution in [0.25, 0.3) is 10.2 Å². The van der Waals surface area contributed by atoms with Crippen LogP contribution in [0, 0.1) is 5.82 Å². The van der Waals surface area contributed by atoms with Gasteiger partial charge in [-0.15, -0.1) is 5.10 Å². The second-order valence-corrected chi connectivity index (χ2v) is 4.75. The zero-order valence-corrected chi connectivity index (χ0v) is 10.2. The van der Waals surface area contributed by atoms with Gasteiger partial charge in [0.25, 0.3) is 0 Å². The number of rotatable bonds is 4. The smallest absolute Gasteiger partial charge is 0.183 e. The lowest BCUT2D eigenvalue weighted by atomic mass is 10.3. The van der Waals surface area contributed by atoms with Gasteiger partial charge >= 0.3 is 0 Å². The molecule has 1 aromatic carbocycles. The number of hydrogen-bond donors (Lipinski definition) is 1. The van der Waals surface area contributed by atoms with Gasteiger partial charge in [-0.05, 0) is 18.2 Å². The Hall–Kier alpha value is -2.02. The molecule has 0 aliphatic rings. The zero-order chi connectivity index (χ0) is 12.4. The summed E-state index contributed by atoms with van der Waals surface area (Å²) in [7, 11) is 0. The van der Waals surface area contributed by atoms with Gasteiger partial charge in [0.2, 0.25) is 0 Å². The minimum atomic E-state index is -0.236. The predicted octanol–water partition coefficient (Wildman–Crippen LogP) is 2.14. The second-order valence-electron chi connectivity index (χ2n) is 3.72. The minimum Gasteiger partial charge on any atom is -0.360 e. The molecule has 2 aromatic heterocycles. The summed E-state index contributed by atoms with van der Waals surface area (Å²) in [4.78, 5) is 4.37. The van der Waals surface area contributed by atoms with E-state index >= 15 is 0 Å². The van der Waals surface area contributed by atoms with Gasteiger partial charge in [0.05, 0.1) is 23.0 Å². The van der Waals surface area contributed by atoms with Crippen molar-refractivity contribution >= 4 is 26.7 Å². The van der Waals surface area contributed by atoms with Crippen LogP contribution in [0.2, 0.25) is 0 Å². The molecule has 0 atom stereocenters. The normalized spacial score (nSPS) is 10.9. The van der Waals surface area contributed by atoms with E-state index in [1.807, 2.05) is 0 Å². The van der Waals surface area contributed by atoms with Crippen LogP contribution in [-0.4, -0.2) is 26.5 Å². The first-order chi connectivity index (χ1) is 8.81. The fourth-order valence-electron chi connectivity index (χ4n) is 1.60. The Morgan fingerprint density at radius 3 is 3.17 bits per heavy atom. The van der Waals surface area contributed by atoms with Crippen molar-refractivity contribution in [3.05, 3.63) is 36.4 Å². The average Bonchev–Trinajstić information content (AvgIpc) is 2.97. The van der Waals surface area contributed by atoms with Gasteiger partial charge < -0.3 is 5.32 Å². The van der Waals surface area contributed by atoms with Gasteiger partial charge in [0.1, 0.15) is 5.82 Å². The van der Waals surface area contributed by atoms with Crippen molar-refractivity contribution in [2.75, 3.05) is 11.9 Å². The third kappa shape index (κ3) is 2.30. The first-order valence-electron chi connectivity index (χ1n) is 5.45. The Morgan fingerprint density at radius 2 is 2.33 bits per heavy atom. The van der Waals surface area contributed by atoms with E-state index in [2.05, 4.69) is 20.6 Å². The molecule has 92 valence electrons. The standard InChI is InChI=1S/C11H10FN5S/c12-8-1-2-9-10(7-8)18-11(15-9)13-3-5-17-6-4-14-16-17/h1-2,4,6-7H,3,5H2,(H,13,15). The molecule has 0 aliphatic heterocycles. The number of anilines is 1. The zero-order valence-electron chi connectivity index (χ0n) is 9.38.